The fraction of sp³-hybridized carbons (Fsp3) is 0.423. The molecule has 0 bridgehead atoms. The molecule has 1 fully saturated rings. The van der Waals surface area contributed by atoms with E-state index in [0.29, 0.717) is 18.5 Å². The molecule has 168 valence electrons. The quantitative estimate of drug-likeness (QED) is 0.640. The fourth-order valence-corrected chi connectivity index (χ4v) is 4.64. The lowest BCUT2D eigenvalue weighted by molar-refractivity contribution is -0.135. The van der Waals surface area contributed by atoms with Gasteiger partial charge in [0.25, 0.3) is 5.91 Å². The zero-order chi connectivity index (χ0) is 22.7. The number of aromatic nitrogens is 2. The molecule has 6 heteroatoms. The van der Waals surface area contributed by atoms with Crippen LogP contribution in [0.3, 0.4) is 0 Å². The van der Waals surface area contributed by atoms with Gasteiger partial charge in [0.15, 0.2) is 0 Å². The second-order valence-electron chi connectivity index (χ2n) is 8.86. The zero-order valence-electron chi connectivity index (χ0n) is 19.2. The van der Waals surface area contributed by atoms with Gasteiger partial charge in [-0.3, -0.25) is 9.59 Å². The number of carbonyl (C=O) groups excluding carboxylic acids is 2. The van der Waals surface area contributed by atoms with Gasteiger partial charge in [0.1, 0.15) is 12.4 Å². The number of piperidine rings is 1. The molecule has 1 saturated heterocycles. The predicted molar refractivity (Wildman–Crippen MR) is 127 cm³/mol. The number of nitrogens with zero attached hydrogens (tertiary/aromatic N) is 3. The van der Waals surface area contributed by atoms with Crippen molar-refractivity contribution < 1.29 is 9.59 Å². The van der Waals surface area contributed by atoms with Crippen molar-refractivity contribution >= 4 is 22.8 Å². The Morgan fingerprint density at radius 3 is 2.72 bits per heavy atom. The summed E-state index contributed by atoms with van der Waals surface area (Å²) < 4.78 is 2.02. The molecular weight excluding hydrogens is 400 g/mol. The molecule has 1 atom stereocenters. The normalized spacial score (nSPS) is 16.3. The Morgan fingerprint density at radius 1 is 1.12 bits per heavy atom. The summed E-state index contributed by atoms with van der Waals surface area (Å²) >= 11 is 0. The van der Waals surface area contributed by atoms with Crippen LogP contribution in [0.1, 0.15) is 53.5 Å². The molecule has 3 aromatic rings. The van der Waals surface area contributed by atoms with Gasteiger partial charge >= 0.3 is 0 Å². The van der Waals surface area contributed by atoms with Crippen molar-refractivity contribution in [1.82, 2.24) is 19.8 Å². The summed E-state index contributed by atoms with van der Waals surface area (Å²) in [6.07, 6.45) is 3.88. The van der Waals surface area contributed by atoms with Crippen LogP contribution < -0.4 is 5.32 Å². The number of likely N-dealkylation sites (tertiary alicyclic amines) is 1. The van der Waals surface area contributed by atoms with Gasteiger partial charge in [-0.2, -0.15) is 0 Å². The molecule has 6 nitrogen and oxygen atoms in total. The summed E-state index contributed by atoms with van der Waals surface area (Å²) in [6.45, 7) is 7.68. The first-order chi connectivity index (χ1) is 15.4. The Labute approximate surface area is 189 Å². The fourth-order valence-electron chi connectivity index (χ4n) is 4.64. The number of hydrogen-bond acceptors (Lipinski definition) is 3. The molecule has 2 heterocycles. The van der Waals surface area contributed by atoms with Gasteiger partial charge in [-0.25, -0.2) is 4.98 Å². The van der Waals surface area contributed by atoms with Crippen LogP contribution in [0.4, 0.5) is 0 Å². The van der Waals surface area contributed by atoms with Crippen molar-refractivity contribution in [1.29, 1.82) is 0 Å². The van der Waals surface area contributed by atoms with Crippen LogP contribution in [0, 0.1) is 13.8 Å². The van der Waals surface area contributed by atoms with Gasteiger partial charge in [0.2, 0.25) is 5.91 Å². The van der Waals surface area contributed by atoms with Crippen molar-refractivity contribution in [3.8, 4) is 0 Å². The number of aryl methyl sites for hydroxylation is 2. The molecule has 1 unspecified atom stereocenters. The molecule has 0 spiro atoms. The maximum atomic E-state index is 13.1. The molecule has 2 aromatic carbocycles. The second-order valence-corrected chi connectivity index (χ2v) is 8.86. The van der Waals surface area contributed by atoms with Crippen LogP contribution in [0.15, 0.2) is 42.5 Å². The lowest BCUT2D eigenvalue weighted by Gasteiger charge is -2.33. The Bertz CT molecular complexity index is 1130. The lowest BCUT2D eigenvalue weighted by Crippen LogP contribution is -2.43. The molecule has 0 aliphatic carbocycles. The topological polar surface area (TPSA) is 67.2 Å². The van der Waals surface area contributed by atoms with E-state index in [0.717, 1.165) is 47.4 Å². The molecule has 4 rings (SSSR count). The number of amides is 2. The number of nitrogens with one attached hydrogen (secondary N) is 1. The molecule has 1 aliphatic rings. The zero-order valence-corrected chi connectivity index (χ0v) is 19.2. The first-order valence-electron chi connectivity index (χ1n) is 11.5. The summed E-state index contributed by atoms with van der Waals surface area (Å²) in [5, 5.41) is 3.02. The number of fused-ring (bicyclic) bond motifs is 1. The highest BCUT2D eigenvalue weighted by molar-refractivity contribution is 5.95. The summed E-state index contributed by atoms with van der Waals surface area (Å²) in [6, 6.07) is 14.0. The number of para-hydroxylation sites is 2. The lowest BCUT2D eigenvalue weighted by atomic mass is 10.0. The summed E-state index contributed by atoms with van der Waals surface area (Å²) in [4.78, 5) is 32.5. The number of imidazole rings is 1. The molecular formula is C26H32N4O2. The highest BCUT2D eigenvalue weighted by Gasteiger charge is 2.24. The monoisotopic (exact) mass is 432 g/mol. The Kier molecular flexibility index (Phi) is 6.58. The summed E-state index contributed by atoms with van der Waals surface area (Å²) in [5.74, 6) is 0.884. The number of hydrogen-bond donors (Lipinski definition) is 1. The van der Waals surface area contributed by atoms with Crippen LogP contribution in [-0.2, 0) is 17.8 Å². The van der Waals surface area contributed by atoms with Crippen molar-refractivity contribution in [3.05, 3.63) is 65.0 Å². The van der Waals surface area contributed by atoms with E-state index in [1.165, 1.54) is 6.42 Å². The molecule has 1 aliphatic heterocycles. The van der Waals surface area contributed by atoms with Gasteiger partial charge in [0.05, 0.1) is 11.0 Å². The maximum Gasteiger partial charge on any atom is 0.251 e. The van der Waals surface area contributed by atoms with E-state index in [2.05, 4.69) is 12.2 Å². The minimum absolute atomic E-state index is 0.0802. The van der Waals surface area contributed by atoms with Gasteiger partial charge in [-0.05, 0) is 63.8 Å². The number of benzene rings is 2. The highest BCUT2D eigenvalue weighted by Crippen LogP contribution is 2.20. The Morgan fingerprint density at radius 2 is 1.94 bits per heavy atom. The van der Waals surface area contributed by atoms with E-state index in [1.54, 1.807) is 0 Å². The molecule has 2 amide bonds. The molecule has 0 saturated carbocycles. The third-order valence-corrected chi connectivity index (χ3v) is 6.41. The maximum absolute atomic E-state index is 13.1. The van der Waals surface area contributed by atoms with Crippen LogP contribution in [0.5, 0.6) is 0 Å². The van der Waals surface area contributed by atoms with Gasteiger partial charge in [-0.1, -0.05) is 29.8 Å². The van der Waals surface area contributed by atoms with Crippen LogP contribution >= 0.6 is 0 Å². The van der Waals surface area contributed by atoms with Crippen LogP contribution in [0.25, 0.3) is 11.0 Å². The van der Waals surface area contributed by atoms with Crippen LogP contribution in [0.2, 0.25) is 0 Å². The minimum Gasteiger partial charge on any atom is -0.352 e. The summed E-state index contributed by atoms with van der Waals surface area (Å²) in [5.41, 5.74) is 4.64. The Balaban J connectivity index is 1.48. The molecule has 1 aromatic heterocycles. The second kappa shape index (κ2) is 9.55. The van der Waals surface area contributed by atoms with Gasteiger partial charge in [-0.15, -0.1) is 0 Å². The first-order valence-corrected chi connectivity index (χ1v) is 11.5. The largest absolute Gasteiger partial charge is 0.352 e. The molecule has 1 N–H and O–H groups in total. The van der Waals surface area contributed by atoms with E-state index < -0.39 is 0 Å². The first kappa shape index (κ1) is 22.1. The minimum atomic E-state index is -0.0802. The Hall–Kier alpha value is -3.15. The number of rotatable bonds is 6. The predicted octanol–water partition coefficient (Wildman–Crippen LogP) is 4.03. The average Bonchev–Trinajstić information content (AvgIpc) is 3.11. The van der Waals surface area contributed by atoms with Crippen LogP contribution in [-0.4, -0.2) is 45.4 Å². The third-order valence-electron chi connectivity index (χ3n) is 6.41. The number of carbonyl (C=O) groups is 2. The SMILES string of the molecule is Cc1ccc(C(=O)NCCc2nc3ccccc3n2CC(=O)N2CCCCC2C)c(C)c1. The third kappa shape index (κ3) is 4.69. The van der Waals surface area contributed by atoms with E-state index in [1.807, 2.05) is 65.8 Å². The standard InChI is InChI=1S/C26H32N4O2/c1-18-11-12-21(19(2)16-18)26(32)27-14-13-24-28-22-9-4-5-10-23(22)30(24)17-25(31)29-15-7-6-8-20(29)3/h4-5,9-12,16,20H,6-8,13-15,17H2,1-3H3,(H,27,32). The van der Waals surface area contributed by atoms with E-state index in [9.17, 15) is 9.59 Å². The van der Waals surface area contributed by atoms with Crippen molar-refractivity contribution in [2.45, 2.75) is 59.0 Å². The van der Waals surface area contributed by atoms with Crippen molar-refractivity contribution in [2.24, 2.45) is 0 Å². The van der Waals surface area contributed by atoms with Crippen molar-refractivity contribution in [2.75, 3.05) is 13.1 Å². The van der Waals surface area contributed by atoms with E-state index in [-0.39, 0.29) is 24.4 Å². The highest BCUT2D eigenvalue weighted by atomic mass is 16.2. The van der Waals surface area contributed by atoms with Gasteiger partial charge < -0.3 is 14.8 Å². The molecule has 32 heavy (non-hydrogen) atoms. The van der Waals surface area contributed by atoms with Crippen molar-refractivity contribution in [3.63, 3.8) is 0 Å². The van der Waals surface area contributed by atoms with E-state index in [4.69, 9.17) is 4.98 Å². The average molecular weight is 433 g/mol. The van der Waals surface area contributed by atoms with E-state index >= 15 is 0 Å². The van der Waals surface area contributed by atoms with Gasteiger partial charge in [0, 0.05) is 31.1 Å². The summed E-state index contributed by atoms with van der Waals surface area (Å²) in [7, 11) is 0. The molecule has 0 radical (unpaired) electrons. The smallest absolute Gasteiger partial charge is 0.251 e.